The molecular formula is C20H31N7O. The summed E-state index contributed by atoms with van der Waals surface area (Å²) in [4.78, 5) is 15.0. The van der Waals surface area contributed by atoms with Crippen molar-refractivity contribution < 1.29 is 4.79 Å². The zero-order chi connectivity index (χ0) is 19.7. The van der Waals surface area contributed by atoms with Crippen molar-refractivity contribution in [1.29, 1.82) is 0 Å². The summed E-state index contributed by atoms with van der Waals surface area (Å²) in [6.45, 7) is 6.05. The van der Waals surface area contributed by atoms with Gasteiger partial charge >= 0.3 is 6.03 Å². The summed E-state index contributed by atoms with van der Waals surface area (Å²) >= 11 is 0. The minimum Gasteiger partial charge on any atom is -0.314 e. The van der Waals surface area contributed by atoms with Gasteiger partial charge in [-0.3, -0.25) is 10.00 Å². The van der Waals surface area contributed by atoms with Crippen LogP contribution >= 0.6 is 0 Å². The lowest BCUT2D eigenvalue weighted by atomic mass is 10.1. The van der Waals surface area contributed by atoms with E-state index in [0.29, 0.717) is 5.92 Å². The number of aryl methyl sites for hydroxylation is 2. The average molecular weight is 386 g/mol. The normalized spacial score (nSPS) is 19.7. The van der Waals surface area contributed by atoms with Crippen LogP contribution in [-0.4, -0.2) is 42.0 Å². The van der Waals surface area contributed by atoms with E-state index in [0.717, 1.165) is 68.4 Å². The fourth-order valence-electron chi connectivity index (χ4n) is 4.38. The van der Waals surface area contributed by atoms with Gasteiger partial charge in [-0.05, 0) is 38.0 Å². The number of fused-ring (bicyclic) bond motifs is 1. The Morgan fingerprint density at radius 3 is 2.89 bits per heavy atom. The number of urea groups is 1. The molecule has 8 heteroatoms. The van der Waals surface area contributed by atoms with Gasteiger partial charge < -0.3 is 9.47 Å². The van der Waals surface area contributed by atoms with Crippen LogP contribution < -0.4 is 5.32 Å². The number of carbonyl (C=O) groups is 1. The second-order valence-electron chi connectivity index (χ2n) is 8.46. The van der Waals surface area contributed by atoms with Gasteiger partial charge in [-0.15, -0.1) is 10.2 Å². The van der Waals surface area contributed by atoms with E-state index in [1.54, 1.807) is 4.68 Å². The molecule has 0 spiro atoms. The molecule has 0 saturated carbocycles. The molecule has 0 bridgehead atoms. The zero-order valence-corrected chi connectivity index (χ0v) is 17.2. The second kappa shape index (κ2) is 7.93. The second-order valence-corrected chi connectivity index (χ2v) is 8.46. The molecule has 2 aromatic rings. The quantitative estimate of drug-likeness (QED) is 0.875. The first-order valence-corrected chi connectivity index (χ1v) is 10.6. The van der Waals surface area contributed by atoms with Gasteiger partial charge in [0, 0.05) is 32.6 Å². The van der Waals surface area contributed by atoms with E-state index in [-0.39, 0.29) is 12.1 Å². The zero-order valence-electron chi connectivity index (χ0n) is 17.2. The molecule has 1 N–H and O–H groups in total. The molecule has 4 heterocycles. The fourth-order valence-corrected chi connectivity index (χ4v) is 4.38. The van der Waals surface area contributed by atoms with E-state index >= 15 is 0 Å². The Kier molecular flexibility index (Phi) is 5.37. The number of carbonyl (C=O) groups excluding carboxylic acids is 1. The van der Waals surface area contributed by atoms with Crippen LogP contribution in [0.5, 0.6) is 0 Å². The molecule has 0 aromatic carbocycles. The topological polar surface area (TPSA) is 80.9 Å². The van der Waals surface area contributed by atoms with Crippen LogP contribution in [0.1, 0.15) is 69.3 Å². The highest BCUT2D eigenvalue weighted by Gasteiger charge is 2.34. The number of aromatic nitrogens is 5. The van der Waals surface area contributed by atoms with Crippen LogP contribution in [0.2, 0.25) is 0 Å². The Balaban J connectivity index is 1.50. The molecule has 4 rings (SSSR count). The van der Waals surface area contributed by atoms with E-state index in [4.69, 9.17) is 0 Å². The lowest BCUT2D eigenvalue weighted by Crippen LogP contribution is -2.36. The van der Waals surface area contributed by atoms with Crippen molar-refractivity contribution >= 4 is 11.8 Å². The monoisotopic (exact) mass is 385 g/mol. The van der Waals surface area contributed by atoms with Crippen molar-refractivity contribution in [2.45, 2.75) is 71.4 Å². The highest BCUT2D eigenvalue weighted by molar-refractivity contribution is 5.89. The minimum absolute atomic E-state index is 0.00251. The largest absolute Gasteiger partial charge is 0.323 e. The summed E-state index contributed by atoms with van der Waals surface area (Å²) in [7, 11) is 1.87. The Hall–Kier alpha value is -2.38. The van der Waals surface area contributed by atoms with Crippen molar-refractivity contribution in [3.8, 4) is 0 Å². The smallest absolute Gasteiger partial charge is 0.314 e. The van der Waals surface area contributed by atoms with Gasteiger partial charge in [-0.25, -0.2) is 4.79 Å². The number of rotatable bonds is 4. The summed E-state index contributed by atoms with van der Waals surface area (Å²) in [5.74, 6) is 3.30. The van der Waals surface area contributed by atoms with E-state index in [9.17, 15) is 4.79 Å². The number of amides is 2. The number of anilines is 1. The summed E-state index contributed by atoms with van der Waals surface area (Å²) in [5.41, 5.74) is 1.01. The SMILES string of the molecule is CC(C)Cc1cc(NC(=O)N2CCCC2c2nnc3n2CCCCC3)n(C)n1. The number of likely N-dealkylation sites (tertiary alicyclic amines) is 1. The van der Waals surface area contributed by atoms with Gasteiger partial charge in [-0.1, -0.05) is 20.3 Å². The van der Waals surface area contributed by atoms with Crippen LogP contribution in [0.4, 0.5) is 10.6 Å². The highest BCUT2D eigenvalue weighted by atomic mass is 16.2. The van der Waals surface area contributed by atoms with E-state index < -0.39 is 0 Å². The predicted molar refractivity (Wildman–Crippen MR) is 107 cm³/mol. The first-order valence-electron chi connectivity index (χ1n) is 10.6. The predicted octanol–water partition coefficient (Wildman–Crippen LogP) is 3.31. The Labute approximate surface area is 166 Å². The van der Waals surface area contributed by atoms with Crippen LogP contribution in [-0.2, 0) is 26.4 Å². The first-order chi connectivity index (χ1) is 13.5. The van der Waals surface area contributed by atoms with Crippen molar-refractivity contribution in [3.63, 3.8) is 0 Å². The molecule has 1 saturated heterocycles. The highest BCUT2D eigenvalue weighted by Crippen LogP contribution is 2.32. The number of hydrogen-bond donors (Lipinski definition) is 1. The third kappa shape index (κ3) is 3.77. The molecule has 1 fully saturated rings. The molecule has 28 heavy (non-hydrogen) atoms. The van der Waals surface area contributed by atoms with Gasteiger partial charge in [0.05, 0.1) is 11.7 Å². The average Bonchev–Trinajstić information content (AvgIpc) is 3.30. The van der Waals surface area contributed by atoms with Crippen molar-refractivity contribution in [2.24, 2.45) is 13.0 Å². The lowest BCUT2D eigenvalue weighted by Gasteiger charge is -2.25. The molecule has 1 unspecified atom stereocenters. The van der Waals surface area contributed by atoms with Gasteiger partial charge in [0.15, 0.2) is 5.82 Å². The van der Waals surface area contributed by atoms with Gasteiger partial charge in [-0.2, -0.15) is 5.10 Å². The summed E-state index contributed by atoms with van der Waals surface area (Å²) in [6.07, 6.45) is 7.38. The Bertz CT molecular complexity index is 838. The molecule has 0 aliphatic carbocycles. The Morgan fingerprint density at radius 2 is 2.07 bits per heavy atom. The maximum absolute atomic E-state index is 13.1. The molecule has 2 aliphatic rings. The van der Waals surface area contributed by atoms with E-state index in [2.05, 4.69) is 39.0 Å². The maximum Gasteiger partial charge on any atom is 0.323 e. The van der Waals surface area contributed by atoms with E-state index in [1.807, 2.05) is 18.0 Å². The number of nitrogens with one attached hydrogen (secondary N) is 1. The first kappa shape index (κ1) is 19.0. The lowest BCUT2D eigenvalue weighted by molar-refractivity contribution is 0.203. The minimum atomic E-state index is -0.0763. The van der Waals surface area contributed by atoms with Gasteiger partial charge in [0.2, 0.25) is 0 Å². The fraction of sp³-hybridized carbons (Fsp3) is 0.700. The molecular weight excluding hydrogens is 354 g/mol. The van der Waals surface area contributed by atoms with Crippen molar-refractivity contribution in [2.75, 3.05) is 11.9 Å². The molecule has 2 amide bonds. The molecule has 2 aliphatic heterocycles. The third-order valence-electron chi connectivity index (χ3n) is 5.73. The summed E-state index contributed by atoms with van der Waals surface area (Å²) in [5, 5.41) is 16.5. The van der Waals surface area contributed by atoms with Crippen LogP contribution in [0, 0.1) is 5.92 Å². The van der Waals surface area contributed by atoms with Crippen LogP contribution in [0.25, 0.3) is 0 Å². The van der Waals surface area contributed by atoms with Gasteiger partial charge in [0.1, 0.15) is 11.6 Å². The van der Waals surface area contributed by atoms with Crippen LogP contribution in [0.15, 0.2) is 6.07 Å². The summed E-state index contributed by atoms with van der Waals surface area (Å²) < 4.78 is 4.01. The Morgan fingerprint density at radius 1 is 1.21 bits per heavy atom. The standard InChI is InChI=1S/C20H31N7O/c1-14(2)12-15-13-18(25(3)24-15)21-20(28)26-11-7-8-16(26)19-23-22-17-9-5-4-6-10-27(17)19/h13-14,16H,4-12H2,1-3H3,(H,21,28). The maximum atomic E-state index is 13.1. The molecule has 0 radical (unpaired) electrons. The van der Waals surface area contributed by atoms with Crippen molar-refractivity contribution in [3.05, 3.63) is 23.4 Å². The third-order valence-corrected chi connectivity index (χ3v) is 5.73. The molecule has 2 aromatic heterocycles. The molecule has 8 nitrogen and oxygen atoms in total. The van der Waals surface area contributed by atoms with Crippen LogP contribution in [0.3, 0.4) is 0 Å². The number of hydrogen-bond acceptors (Lipinski definition) is 4. The number of nitrogens with zero attached hydrogens (tertiary/aromatic N) is 6. The summed E-state index contributed by atoms with van der Waals surface area (Å²) in [6, 6.07) is 1.90. The van der Waals surface area contributed by atoms with Crippen molar-refractivity contribution in [1.82, 2.24) is 29.4 Å². The molecule has 1 atom stereocenters. The molecule has 152 valence electrons. The van der Waals surface area contributed by atoms with Gasteiger partial charge in [0.25, 0.3) is 0 Å². The van der Waals surface area contributed by atoms with E-state index in [1.165, 1.54) is 12.8 Å².